The van der Waals surface area contributed by atoms with Gasteiger partial charge in [0.25, 0.3) is 5.91 Å². The second kappa shape index (κ2) is 8.76. The van der Waals surface area contributed by atoms with Crippen LogP contribution in [0.15, 0.2) is 24.3 Å². The summed E-state index contributed by atoms with van der Waals surface area (Å²) in [6, 6.07) is 7.43. The first-order valence-corrected chi connectivity index (χ1v) is 7.97. The van der Waals surface area contributed by atoms with Crippen molar-refractivity contribution in [2.24, 2.45) is 11.7 Å². The van der Waals surface area contributed by atoms with E-state index in [-0.39, 0.29) is 11.9 Å². The zero-order valence-corrected chi connectivity index (χ0v) is 13.2. The van der Waals surface area contributed by atoms with E-state index in [1.54, 1.807) is 19.2 Å². The van der Waals surface area contributed by atoms with Crippen LogP contribution in [0.4, 0.5) is 0 Å². The van der Waals surface area contributed by atoms with E-state index in [0.717, 1.165) is 19.3 Å². The molecule has 1 amide bonds. The third-order valence-corrected chi connectivity index (χ3v) is 4.18. The van der Waals surface area contributed by atoms with E-state index in [0.29, 0.717) is 37.0 Å². The number of ether oxygens (including phenoxy) is 2. The van der Waals surface area contributed by atoms with E-state index in [4.69, 9.17) is 15.2 Å². The Kier molecular flexibility index (Phi) is 6.68. The Morgan fingerprint density at radius 3 is 2.91 bits per heavy atom. The molecule has 22 heavy (non-hydrogen) atoms. The van der Waals surface area contributed by atoms with Crippen molar-refractivity contribution in [3.8, 4) is 5.75 Å². The van der Waals surface area contributed by atoms with Gasteiger partial charge in [-0.1, -0.05) is 18.9 Å². The number of methoxy groups -OCH3 is 1. The number of amides is 1. The number of hydrogen-bond donors (Lipinski definition) is 2. The van der Waals surface area contributed by atoms with Crippen molar-refractivity contribution in [3.63, 3.8) is 0 Å². The summed E-state index contributed by atoms with van der Waals surface area (Å²) in [4.78, 5) is 12.4. The molecule has 0 saturated heterocycles. The molecule has 1 aromatic rings. The molecule has 1 aliphatic rings. The van der Waals surface area contributed by atoms with E-state index < -0.39 is 0 Å². The number of nitrogens with two attached hydrogens (primary N) is 1. The van der Waals surface area contributed by atoms with Crippen LogP contribution in [-0.2, 0) is 4.74 Å². The first kappa shape index (κ1) is 16.8. The van der Waals surface area contributed by atoms with Gasteiger partial charge in [0.15, 0.2) is 0 Å². The Balaban J connectivity index is 1.95. The summed E-state index contributed by atoms with van der Waals surface area (Å²) in [5.74, 6) is 1.02. The highest BCUT2D eigenvalue weighted by atomic mass is 16.5. The lowest BCUT2D eigenvalue weighted by Crippen LogP contribution is -2.44. The summed E-state index contributed by atoms with van der Waals surface area (Å²) in [6.45, 7) is 1.63. The number of carbonyl (C=O) groups is 1. The molecule has 0 aromatic heterocycles. The minimum atomic E-state index is -0.0532. The fourth-order valence-corrected chi connectivity index (χ4v) is 2.90. The molecular formula is C17H26N2O3. The second-order valence-corrected chi connectivity index (χ2v) is 5.73. The minimum absolute atomic E-state index is 0.0532. The summed E-state index contributed by atoms with van der Waals surface area (Å²) in [6.07, 6.45) is 4.47. The number of hydrogen-bond acceptors (Lipinski definition) is 4. The van der Waals surface area contributed by atoms with Crippen molar-refractivity contribution < 1.29 is 14.3 Å². The van der Waals surface area contributed by atoms with Gasteiger partial charge in [0.2, 0.25) is 0 Å². The highest BCUT2D eigenvalue weighted by Gasteiger charge is 2.25. The summed E-state index contributed by atoms with van der Waals surface area (Å²) in [5.41, 5.74) is 6.44. The molecule has 0 bridgehead atoms. The maximum absolute atomic E-state index is 12.4. The quantitative estimate of drug-likeness (QED) is 0.755. The third-order valence-electron chi connectivity index (χ3n) is 4.18. The van der Waals surface area contributed by atoms with Crippen molar-refractivity contribution in [2.45, 2.75) is 31.7 Å². The molecule has 122 valence electrons. The molecule has 0 aliphatic heterocycles. The van der Waals surface area contributed by atoms with Crippen molar-refractivity contribution in [1.82, 2.24) is 5.32 Å². The Labute approximate surface area is 132 Å². The normalized spacial score (nSPS) is 21.4. The van der Waals surface area contributed by atoms with Gasteiger partial charge < -0.3 is 20.5 Å². The van der Waals surface area contributed by atoms with Crippen LogP contribution in [0.5, 0.6) is 5.75 Å². The lowest BCUT2D eigenvalue weighted by atomic mass is 9.84. The Morgan fingerprint density at radius 2 is 2.14 bits per heavy atom. The summed E-state index contributed by atoms with van der Waals surface area (Å²) in [7, 11) is 1.63. The number of rotatable bonds is 7. The summed E-state index contributed by atoms with van der Waals surface area (Å²) in [5, 5.41) is 3.13. The Hall–Kier alpha value is -1.59. The Bertz CT molecular complexity index is 479. The smallest absolute Gasteiger partial charge is 0.251 e. The van der Waals surface area contributed by atoms with Crippen LogP contribution in [0.3, 0.4) is 0 Å². The van der Waals surface area contributed by atoms with E-state index in [2.05, 4.69) is 5.32 Å². The van der Waals surface area contributed by atoms with Gasteiger partial charge >= 0.3 is 0 Å². The van der Waals surface area contributed by atoms with Gasteiger partial charge in [-0.05, 0) is 43.5 Å². The average molecular weight is 306 g/mol. The third kappa shape index (κ3) is 4.71. The van der Waals surface area contributed by atoms with E-state index in [1.165, 1.54) is 6.42 Å². The second-order valence-electron chi connectivity index (χ2n) is 5.73. The monoisotopic (exact) mass is 306 g/mol. The van der Waals surface area contributed by atoms with Crippen LogP contribution in [0.1, 0.15) is 36.0 Å². The largest absolute Gasteiger partial charge is 0.491 e. The molecule has 0 heterocycles. The van der Waals surface area contributed by atoms with Crippen LogP contribution >= 0.6 is 0 Å². The molecule has 2 unspecified atom stereocenters. The van der Waals surface area contributed by atoms with Crippen molar-refractivity contribution >= 4 is 5.91 Å². The molecule has 1 aromatic carbocycles. The topological polar surface area (TPSA) is 73.6 Å². The van der Waals surface area contributed by atoms with Crippen molar-refractivity contribution in [1.29, 1.82) is 0 Å². The van der Waals surface area contributed by atoms with Crippen LogP contribution in [0.2, 0.25) is 0 Å². The summed E-state index contributed by atoms with van der Waals surface area (Å²) >= 11 is 0. The molecular weight excluding hydrogens is 280 g/mol. The summed E-state index contributed by atoms with van der Waals surface area (Å²) < 4.78 is 10.5. The van der Waals surface area contributed by atoms with Gasteiger partial charge in [-0.2, -0.15) is 0 Å². The molecule has 2 atom stereocenters. The minimum Gasteiger partial charge on any atom is -0.491 e. The first-order chi connectivity index (χ1) is 10.7. The molecule has 1 fully saturated rings. The number of benzene rings is 1. The molecule has 0 spiro atoms. The maximum atomic E-state index is 12.4. The fraction of sp³-hybridized carbons (Fsp3) is 0.588. The van der Waals surface area contributed by atoms with Gasteiger partial charge in [0, 0.05) is 18.7 Å². The molecule has 1 saturated carbocycles. The highest BCUT2D eigenvalue weighted by molar-refractivity contribution is 5.94. The van der Waals surface area contributed by atoms with E-state index in [1.807, 2.05) is 12.1 Å². The van der Waals surface area contributed by atoms with Crippen LogP contribution in [-0.4, -0.2) is 38.8 Å². The lowest BCUT2D eigenvalue weighted by molar-refractivity contribution is 0.0907. The zero-order valence-electron chi connectivity index (χ0n) is 13.2. The van der Waals surface area contributed by atoms with Gasteiger partial charge in [0.1, 0.15) is 12.4 Å². The number of carbonyl (C=O) groups excluding carboxylic acids is 1. The lowest BCUT2D eigenvalue weighted by Gasteiger charge is -2.31. The standard InChI is InChI=1S/C17H26N2O3/c1-21-9-10-22-15-7-4-6-13(11-15)17(20)19-16-8-3-2-5-14(16)12-18/h4,6-7,11,14,16H,2-3,5,8-10,12,18H2,1H3,(H,19,20). The van der Waals surface area contributed by atoms with Crippen molar-refractivity contribution in [2.75, 3.05) is 26.9 Å². The predicted molar refractivity (Wildman–Crippen MR) is 86.1 cm³/mol. The first-order valence-electron chi connectivity index (χ1n) is 7.97. The molecule has 3 N–H and O–H groups in total. The van der Waals surface area contributed by atoms with Crippen LogP contribution < -0.4 is 15.8 Å². The number of nitrogens with one attached hydrogen (secondary N) is 1. The predicted octanol–water partition coefficient (Wildman–Crippen LogP) is 1.96. The SMILES string of the molecule is COCCOc1cccc(C(=O)NC2CCCCC2CN)c1. The van der Waals surface area contributed by atoms with Gasteiger partial charge in [0.05, 0.1) is 6.61 Å². The van der Waals surface area contributed by atoms with Gasteiger partial charge in [-0.25, -0.2) is 0 Å². The highest BCUT2D eigenvalue weighted by Crippen LogP contribution is 2.24. The average Bonchev–Trinajstić information content (AvgIpc) is 2.56. The molecule has 5 heteroatoms. The van der Waals surface area contributed by atoms with Crippen LogP contribution in [0, 0.1) is 5.92 Å². The molecule has 5 nitrogen and oxygen atoms in total. The van der Waals surface area contributed by atoms with Gasteiger partial charge in [-0.15, -0.1) is 0 Å². The Morgan fingerprint density at radius 1 is 1.32 bits per heavy atom. The van der Waals surface area contributed by atoms with Gasteiger partial charge in [-0.3, -0.25) is 4.79 Å². The molecule has 2 rings (SSSR count). The van der Waals surface area contributed by atoms with Crippen molar-refractivity contribution in [3.05, 3.63) is 29.8 Å². The zero-order chi connectivity index (χ0) is 15.8. The molecule has 0 radical (unpaired) electrons. The molecule has 1 aliphatic carbocycles. The van der Waals surface area contributed by atoms with Crippen LogP contribution in [0.25, 0.3) is 0 Å². The van der Waals surface area contributed by atoms with E-state index >= 15 is 0 Å². The van der Waals surface area contributed by atoms with E-state index in [9.17, 15) is 4.79 Å². The maximum Gasteiger partial charge on any atom is 0.251 e. The fourth-order valence-electron chi connectivity index (χ4n) is 2.90.